The van der Waals surface area contributed by atoms with E-state index in [1.165, 1.54) is 44.6 Å². The minimum absolute atomic E-state index is 0.0614. The van der Waals surface area contributed by atoms with Crippen LogP contribution < -0.4 is 28.6 Å². The molecule has 0 aliphatic carbocycles. The fourth-order valence-corrected chi connectivity index (χ4v) is 5.03. The van der Waals surface area contributed by atoms with Gasteiger partial charge in [-0.1, -0.05) is 17.7 Å². The standard InChI is InChI=1S/C24H23ClN2O7S/c1-31-20-10-8-19(12-22(20)32-2)35(29,30)27(18-6-4-17(25)5-7-18)14-24(28)26-13-16-3-9-21-23(11-16)34-15-33-21/h3-12H,13-15H2,1-2H3,(H,26,28). The van der Waals surface area contributed by atoms with Gasteiger partial charge in [0.05, 0.1) is 24.8 Å². The highest BCUT2D eigenvalue weighted by atomic mass is 35.5. The Balaban J connectivity index is 1.58. The summed E-state index contributed by atoms with van der Waals surface area (Å²) in [7, 11) is -1.29. The summed E-state index contributed by atoms with van der Waals surface area (Å²) in [4.78, 5) is 12.8. The van der Waals surface area contributed by atoms with Crippen LogP contribution in [0, 0.1) is 0 Å². The van der Waals surface area contributed by atoms with Gasteiger partial charge in [-0.05, 0) is 54.1 Å². The third kappa shape index (κ3) is 5.39. The lowest BCUT2D eigenvalue weighted by atomic mass is 10.2. The lowest BCUT2D eigenvalue weighted by Gasteiger charge is -2.24. The number of amides is 1. The molecule has 0 saturated carbocycles. The predicted octanol–water partition coefficient (Wildman–Crippen LogP) is 3.60. The van der Waals surface area contributed by atoms with Crippen molar-refractivity contribution in [2.75, 3.05) is 31.9 Å². The molecule has 4 rings (SSSR count). The molecule has 0 unspecified atom stereocenters. The Kier molecular flexibility index (Phi) is 7.23. The van der Waals surface area contributed by atoms with E-state index in [-0.39, 0.29) is 29.7 Å². The highest BCUT2D eigenvalue weighted by Gasteiger charge is 2.28. The van der Waals surface area contributed by atoms with Crippen LogP contribution in [0.5, 0.6) is 23.0 Å². The fourth-order valence-electron chi connectivity index (χ4n) is 3.46. The topological polar surface area (TPSA) is 103 Å². The van der Waals surface area contributed by atoms with Gasteiger partial charge in [0.2, 0.25) is 12.7 Å². The Morgan fingerprint density at radius 3 is 2.40 bits per heavy atom. The molecule has 11 heteroatoms. The van der Waals surface area contributed by atoms with Crippen molar-refractivity contribution in [2.45, 2.75) is 11.4 Å². The van der Waals surface area contributed by atoms with Crippen LogP contribution in [-0.2, 0) is 21.4 Å². The predicted molar refractivity (Wildman–Crippen MR) is 130 cm³/mol. The van der Waals surface area contributed by atoms with Crippen LogP contribution in [0.3, 0.4) is 0 Å². The summed E-state index contributed by atoms with van der Waals surface area (Å²) < 4.78 is 49.3. The molecule has 9 nitrogen and oxygen atoms in total. The number of nitrogens with one attached hydrogen (secondary N) is 1. The second-order valence-corrected chi connectivity index (χ2v) is 9.77. The summed E-state index contributed by atoms with van der Waals surface area (Å²) in [6.45, 7) is -0.127. The largest absolute Gasteiger partial charge is 0.493 e. The summed E-state index contributed by atoms with van der Waals surface area (Å²) >= 11 is 5.99. The second-order valence-electron chi connectivity index (χ2n) is 7.47. The number of fused-ring (bicyclic) bond motifs is 1. The molecule has 1 heterocycles. The van der Waals surface area contributed by atoms with E-state index in [0.717, 1.165) is 9.87 Å². The smallest absolute Gasteiger partial charge is 0.264 e. The Hall–Kier alpha value is -3.63. The van der Waals surface area contributed by atoms with E-state index in [1.54, 1.807) is 30.3 Å². The molecule has 1 N–H and O–H groups in total. The van der Waals surface area contributed by atoms with Crippen LogP contribution in [0.2, 0.25) is 5.02 Å². The first-order valence-corrected chi connectivity index (χ1v) is 12.3. The third-order valence-electron chi connectivity index (χ3n) is 5.27. The molecule has 3 aromatic carbocycles. The normalized spacial score (nSPS) is 12.2. The zero-order chi connectivity index (χ0) is 25.0. The van der Waals surface area contributed by atoms with Crippen LogP contribution in [0.1, 0.15) is 5.56 Å². The number of benzene rings is 3. The highest BCUT2D eigenvalue weighted by molar-refractivity contribution is 7.92. The van der Waals surface area contributed by atoms with Crippen molar-refractivity contribution in [2.24, 2.45) is 0 Å². The minimum atomic E-state index is -4.15. The highest BCUT2D eigenvalue weighted by Crippen LogP contribution is 2.33. The molecule has 1 aliphatic rings. The first-order valence-electron chi connectivity index (χ1n) is 10.5. The number of halogens is 1. The van der Waals surface area contributed by atoms with E-state index in [2.05, 4.69) is 5.32 Å². The summed E-state index contributed by atoms with van der Waals surface area (Å²) in [5.74, 6) is 1.36. The number of hydrogen-bond donors (Lipinski definition) is 1. The summed E-state index contributed by atoms with van der Waals surface area (Å²) in [6.07, 6.45) is 0. The van der Waals surface area contributed by atoms with Gasteiger partial charge in [-0.3, -0.25) is 9.10 Å². The Bertz CT molecular complexity index is 1330. The number of carbonyl (C=O) groups is 1. The van der Waals surface area contributed by atoms with Gasteiger partial charge in [0.25, 0.3) is 10.0 Å². The van der Waals surface area contributed by atoms with Gasteiger partial charge in [-0.15, -0.1) is 0 Å². The summed E-state index contributed by atoms with van der Waals surface area (Å²) in [6, 6.07) is 15.7. The van der Waals surface area contributed by atoms with Gasteiger partial charge in [0.15, 0.2) is 23.0 Å². The van der Waals surface area contributed by atoms with Crippen LogP contribution in [0.25, 0.3) is 0 Å². The van der Waals surface area contributed by atoms with E-state index in [1.807, 2.05) is 0 Å². The van der Waals surface area contributed by atoms with Gasteiger partial charge >= 0.3 is 0 Å². The molecule has 1 aliphatic heterocycles. The monoisotopic (exact) mass is 518 g/mol. The van der Waals surface area contributed by atoms with Crippen molar-refractivity contribution in [3.8, 4) is 23.0 Å². The molecular formula is C24H23ClN2O7S. The second kappa shape index (κ2) is 10.3. The Morgan fingerprint density at radius 1 is 0.971 bits per heavy atom. The number of anilines is 1. The van der Waals surface area contributed by atoms with Gasteiger partial charge in [0, 0.05) is 17.6 Å². The van der Waals surface area contributed by atoms with E-state index < -0.39 is 22.5 Å². The first kappa shape index (κ1) is 24.5. The quantitative estimate of drug-likeness (QED) is 0.461. The van der Waals surface area contributed by atoms with Gasteiger partial charge < -0.3 is 24.3 Å². The number of nitrogens with zero attached hydrogens (tertiary/aromatic N) is 1. The lowest BCUT2D eigenvalue weighted by molar-refractivity contribution is -0.119. The van der Waals surface area contributed by atoms with Gasteiger partial charge in [-0.2, -0.15) is 0 Å². The third-order valence-corrected chi connectivity index (χ3v) is 7.29. The maximum absolute atomic E-state index is 13.6. The average molecular weight is 519 g/mol. The molecule has 184 valence electrons. The number of sulfonamides is 1. The van der Waals surface area contributed by atoms with Crippen molar-refractivity contribution in [1.82, 2.24) is 5.32 Å². The van der Waals surface area contributed by atoms with Crippen LogP contribution in [-0.4, -0.2) is 41.9 Å². The van der Waals surface area contributed by atoms with E-state index in [9.17, 15) is 13.2 Å². The molecule has 0 spiro atoms. The number of ether oxygens (including phenoxy) is 4. The number of carbonyl (C=O) groups excluding carboxylic acids is 1. The van der Waals surface area contributed by atoms with Crippen LogP contribution in [0.15, 0.2) is 65.6 Å². The Morgan fingerprint density at radius 2 is 1.69 bits per heavy atom. The van der Waals surface area contributed by atoms with Crippen molar-refractivity contribution < 1.29 is 32.2 Å². The van der Waals surface area contributed by atoms with E-state index >= 15 is 0 Å². The minimum Gasteiger partial charge on any atom is -0.493 e. The van der Waals surface area contributed by atoms with Crippen molar-refractivity contribution >= 4 is 33.2 Å². The van der Waals surface area contributed by atoms with Gasteiger partial charge in [0.1, 0.15) is 6.54 Å². The zero-order valence-electron chi connectivity index (χ0n) is 19.0. The van der Waals surface area contributed by atoms with E-state index in [4.69, 9.17) is 30.5 Å². The van der Waals surface area contributed by atoms with Crippen LogP contribution in [0.4, 0.5) is 5.69 Å². The first-order chi connectivity index (χ1) is 16.8. The fraction of sp³-hybridized carbons (Fsp3) is 0.208. The molecule has 0 fully saturated rings. The molecule has 1 amide bonds. The molecule has 0 aromatic heterocycles. The Labute approximate surface area is 208 Å². The molecule has 0 atom stereocenters. The molecular weight excluding hydrogens is 496 g/mol. The van der Waals surface area contributed by atoms with Crippen molar-refractivity contribution in [3.63, 3.8) is 0 Å². The SMILES string of the molecule is COc1ccc(S(=O)(=O)N(CC(=O)NCc2ccc3c(c2)OCO3)c2ccc(Cl)cc2)cc1OC. The molecule has 0 saturated heterocycles. The maximum Gasteiger partial charge on any atom is 0.264 e. The summed E-state index contributed by atoms with van der Waals surface area (Å²) in [5, 5.41) is 3.19. The lowest BCUT2D eigenvalue weighted by Crippen LogP contribution is -2.40. The molecule has 0 radical (unpaired) electrons. The number of methoxy groups -OCH3 is 2. The molecule has 3 aromatic rings. The van der Waals surface area contributed by atoms with Gasteiger partial charge in [-0.25, -0.2) is 8.42 Å². The van der Waals surface area contributed by atoms with Crippen LogP contribution >= 0.6 is 11.6 Å². The van der Waals surface area contributed by atoms with E-state index in [0.29, 0.717) is 22.3 Å². The maximum atomic E-state index is 13.6. The zero-order valence-corrected chi connectivity index (χ0v) is 20.6. The summed E-state index contributed by atoms with van der Waals surface area (Å²) in [5.41, 5.74) is 1.06. The van der Waals surface area contributed by atoms with Crippen molar-refractivity contribution in [3.05, 3.63) is 71.2 Å². The molecule has 0 bridgehead atoms. The average Bonchev–Trinajstić information content (AvgIpc) is 3.34. The number of rotatable bonds is 9. The number of hydrogen-bond acceptors (Lipinski definition) is 7. The van der Waals surface area contributed by atoms with Crippen molar-refractivity contribution in [1.29, 1.82) is 0 Å². The molecule has 35 heavy (non-hydrogen) atoms.